The second kappa shape index (κ2) is 7.97. The minimum atomic E-state index is -0.956. The number of rotatable bonds is 5. The number of hydrogen-bond donors (Lipinski definition) is 1. The van der Waals surface area contributed by atoms with Crippen LogP contribution >= 0.6 is 11.6 Å². The Morgan fingerprint density at radius 1 is 1.03 bits per heavy atom. The topological polar surface area (TPSA) is 66.8 Å². The first-order valence-electron chi connectivity index (χ1n) is 9.13. The summed E-state index contributed by atoms with van der Waals surface area (Å²) in [5.74, 6) is -0.956. The van der Waals surface area contributed by atoms with Gasteiger partial charge in [-0.2, -0.15) is 0 Å². The van der Waals surface area contributed by atoms with Gasteiger partial charge in [-0.05, 0) is 46.5 Å². The van der Waals surface area contributed by atoms with Crippen LogP contribution < -0.4 is 0 Å². The zero-order valence-electron chi connectivity index (χ0n) is 15.4. The second-order valence-electron chi connectivity index (χ2n) is 6.89. The molecule has 0 aromatic heterocycles. The molecule has 1 fully saturated rings. The molecule has 1 heterocycles. The molecule has 0 saturated carbocycles. The highest BCUT2D eigenvalue weighted by molar-refractivity contribution is 6.30. The summed E-state index contributed by atoms with van der Waals surface area (Å²) in [5, 5.41) is 9.81. The maximum Gasteiger partial charge on any atom is 0.410 e. The average molecular weight is 408 g/mol. The van der Waals surface area contributed by atoms with Gasteiger partial charge in [0, 0.05) is 11.6 Å². The van der Waals surface area contributed by atoms with E-state index in [9.17, 15) is 9.59 Å². The zero-order valence-corrected chi connectivity index (χ0v) is 16.2. The molecule has 0 radical (unpaired) electrons. The number of hydrogen-bond acceptors (Lipinski definition) is 3. The summed E-state index contributed by atoms with van der Waals surface area (Å²) in [4.78, 5) is 25.1. The van der Waals surface area contributed by atoms with E-state index in [2.05, 4.69) is 0 Å². The predicted octanol–water partition coefficient (Wildman–Crippen LogP) is 5.40. The fourth-order valence-electron chi connectivity index (χ4n) is 3.34. The monoisotopic (exact) mass is 407 g/mol. The Bertz CT molecular complexity index is 1050. The van der Waals surface area contributed by atoms with Crippen molar-refractivity contribution in [2.24, 2.45) is 0 Å². The van der Waals surface area contributed by atoms with E-state index in [0.29, 0.717) is 18.1 Å². The lowest BCUT2D eigenvalue weighted by atomic mass is 10.00. The Hall–Kier alpha value is -3.31. The molecule has 1 saturated heterocycles. The molecule has 1 aliphatic rings. The van der Waals surface area contributed by atoms with E-state index < -0.39 is 5.97 Å². The van der Waals surface area contributed by atoms with Crippen molar-refractivity contribution in [1.29, 1.82) is 0 Å². The van der Waals surface area contributed by atoms with Crippen molar-refractivity contribution in [3.05, 3.63) is 94.5 Å². The second-order valence-corrected chi connectivity index (χ2v) is 7.32. The average Bonchev–Trinajstić information content (AvgIpc) is 3.10. The molecule has 4 rings (SSSR count). The third-order valence-electron chi connectivity index (χ3n) is 4.90. The third kappa shape index (κ3) is 4.25. The molecular weight excluding hydrogens is 390 g/mol. The molecule has 1 atom stereocenters. The Labute approximate surface area is 173 Å². The summed E-state index contributed by atoms with van der Waals surface area (Å²) < 4.78 is 5.54. The quantitative estimate of drug-likeness (QED) is 0.615. The standard InChI is InChI=1S/C23H18ClNO4/c24-20-10-4-15(5-11-20)13-25-14-21(29-23(25)28)17-8-6-16(7-9-17)18-2-1-3-19(12-18)22(26)27/h1-12,21H,13-14H2,(H,26,27). The number of carbonyl (C=O) groups excluding carboxylic acids is 1. The van der Waals surface area contributed by atoms with Crippen LogP contribution in [0.1, 0.15) is 27.6 Å². The molecule has 1 aliphatic heterocycles. The molecule has 29 heavy (non-hydrogen) atoms. The molecule has 1 unspecified atom stereocenters. The maximum atomic E-state index is 12.2. The molecule has 1 N–H and O–H groups in total. The molecule has 1 amide bonds. The smallest absolute Gasteiger partial charge is 0.410 e. The van der Waals surface area contributed by atoms with Crippen molar-refractivity contribution in [2.45, 2.75) is 12.6 Å². The number of nitrogens with zero attached hydrogens (tertiary/aromatic N) is 1. The van der Waals surface area contributed by atoms with Crippen molar-refractivity contribution in [3.63, 3.8) is 0 Å². The van der Waals surface area contributed by atoms with E-state index in [4.69, 9.17) is 21.4 Å². The lowest BCUT2D eigenvalue weighted by Gasteiger charge is -2.13. The van der Waals surface area contributed by atoms with Crippen LogP contribution in [0.3, 0.4) is 0 Å². The SMILES string of the molecule is O=C(O)c1cccc(-c2ccc(C3CN(Cc4ccc(Cl)cc4)C(=O)O3)cc2)c1. The molecule has 0 aliphatic carbocycles. The third-order valence-corrected chi connectivity index (χ3v) is 5.15. The number of carbonyl (C=O) groups is 2. The molecule has 6 heteroatoms. The highest BCUT2D eigenvalue weighted by Crippen LogP contribution is 2.29. The molecule has 3 aromatic carbocycles. The van der Waals surface area contributed by atoms with Crippen LogP contribution in [0.2, 0.25) is 5.02 Å². The molecular formula is C23H18ClNO4. The Morgan fingerprint density at radius 3 is 2.45 bits per heavy atom. The largest absolute Gasteiger partial charge is 0.478 e. The van der Waals surface area contributed by atoms with Gasteiger partial charge < -0.3 is 9.84 Å². The molecule has 0 bridgehead atoms. The van der Waals surface area contributed by atoms with Gasteiger partial charge in [-0.3, -0.25) is 4.90 Å². The van der Waals surface area contributed by atoms with E-state index >= 15 is 0 Å². The summed E-state index contributed by atoms with van der Waals surface area (Å²) in [5.41, 5.74) is 3.85. The maximum absolute atomic E-state index is 12.2. The fraction of sp³-hybridized carbons (Fsp3) is 0.130. The fourth-order valence-corrected chi connectivity index (χ4v) is 3.47. The van der Waals surface area contributed by atoms with Gasteiger partial charge >= 0.3 is 12.1 Å². The Morgan fingerprint density at radius 2 is 1.76 bits per heavy atom. The highest BCUT2D eigenvalue weighted by Gasteiger charge is 2.32. The van der Waals surface area contributed by atoms with Crippen LogP contribution in [0, 0.1) is 0 Å². The number of benzene rings is 3. The first kappa shape index (κ1) is 19.0. The van der Waals surface area contributed by atoms with Gasteiger partial charge in [0.05, 0.1) is 12.1 Å². The number of halogens is 1. The van der Waals surface area contributed by atoms with E-state index in [0.717, 1.165) is 22.3 Å². The first-order valence-corrected chi connectivity index (χ1v) is 9.51. The summed E-state index contributed by atoms with van der Waals surface area (Å²) in [6.45, 7) is 0.932. The van der Waals surface area contributed by atoms with Crippen LogP contribution in [-0.2, 0) is 11.3 Å². The Kier molecular flexibility index (Phi) is 5.23. The number of carboxylic acid groups (broad SMARTS) is 1. The number of carboxylic acids is 1. The van der Waals surface area contributed by atoms with Crippen LogP contribution in [0.25, 0.3) is 11.1 Å². The zero-order chi connectivity index (χ0) is 20.4. The Balaban J connectivity index is 1.47. The van der Waals surface area contributed by atoms with Crippen LogP contribution in [0.4, 0.5) is 4.79 Å². The van der Waals surface area contributed by atoms with Gasteiger partial charge in [-0.15, -0.1) is 0 Å². The van der Waals surface area contributed by atoms with Crippen LogP contribution in [0.15, 0.2) is 72.8 Å². The number of cyclic esters (lactones) is 1. The lowest BCUT2D eigenvalue weighted by molar-refractivity contribution is 0.0697. The van der Waals surface area contributed by atoms with Gasteiger partial charge in [0.2, 0.25) is 0 Å². The summed E-state index contributed by atoms with van der Waals surface area (Å²) in [6, 6.07) is 21.8. The highest BCUT2D eigenvalue weighted by atomic mass is 35.5. The van der Waals surface area contributed by atoms with Gasteiger partial charge in [0.15, 0.2) is 0 Å². The van der Waals surface area contributed by atoms with Crippen molar-refractivity contribution in [2.75, 3.05) is 6.54 Å². The van der Waals surface area contributed by atoms with E-state index in [-0.39, 0.29) is 17.8 Å². The first-order chi connectivity index (χ1) is 14.0. The lowest BCUT2D eigenvalue weighted by Crippen LogP contribution is -2.23. The minimum Gasteiger partial charge on any atom is -0.478 e. The van der Waals surface area contributed by atoms with E-state index in [1.807, 2.05) is 42.5 Å². The van der Waals surface area contributed by atoms with Crippen molar-refractivity contribution in [1.82, 2.24) is 4.90 Å². The van der Waals surface area contributed by atoms with Crippen LogP contribution in [-0.4, -0.2) is 28.6 Å². The van der Waals surface area contributed by atoms with Crippen molar-refractivity contribution in [3.8, 4) is 11.1 Å². The molecule has 5 nitrogen and oxygen atoms in total. The van der Waals surface area contributed by atoms with Gasteiger partial charge in [0.1, 0.15) is 6.10 Å². The number of amides is 1. The molecule has 0 spiro atoms. The van der Waals surface area contributed by atoms with E-state index in [1.54, 1.807) is 35.2 Å². The molecule has 3 aromatic rings. The van der Waals surface area contributed by atoms with Crippen molar-refractivity contribution < 1.29 is 19.4 Å². The predicted molar refractivity (Wildman–Crippen MR) is 110 cm³/mol. The van der Waals surface area contributed by atoms with Gasteiger partial charge in [-0.1, -0.05) is 60.1 Å². The summed E-state index contributed by atoms with van der Waals surface area (Å²) in [6.07, 6.45) is -0.683. The normalized spacial score (nSPS) is 16.0. The number of ether oxygens (including phenoxy) is 1. The van der Waals surface area contributed by atoms with Crippen molar-refractivity contribution >= 4 is 23.7 Å². The van der Waals surface area contributed by atoms with Gasteiger partial charge in [-0.25, -0.2) is 9.59 Å². The van der Waals surface area contributed by atoms with Crippen LogP contribution in [0.5, 0.6) is 0 Å². The summed E-state index contributed by atoms with van der Waals surface area (Å²) >= 11 is 5.91. The number of aromatic carboxylic acids is 1. The summed E-state index contributed by atoms with van der Waals surface area (Å²) in [7, 11) is 0. The van der Waals surface area contributed by atoms with E-state index in [1.165, 1.54) is 0 Å². The molecule has 146 valence electrons. The van der Waals surface area contributed by atoms with Gasteiger partial charge in [0.25, 0.3) is 0 Å². The minimum absolute atomic E-state index is 0.245.